The molecule has 0 amide bonds. The van der Waals surface area contributed by atoms with E-state index in [0.29, 0.717) is 0 Å². The first-order chi connectivity index (χ1) is 12.1. The van der Waals surface area contributed by atoms with Crippen LogP contribution >= 0.6 is 23.8 Å². The second kappa shape index (κ2) is 7.22. The molecule has 0 N–H and O–H groups in total. The maximum Gasteiger partial charge on any atom is 0.199 e. The van der Waals surface area contributed by atoms with Crippen molar-refractivity contribution < 1.29 is 0 Å². The van der Waals surface area contributed by atoms with Crippen LogP contribution in [0.3, 0.4) is 0 Å². The highest BCUT2D eigenvalue weighted by Crippen LogP contribution is 2.36. The second-order valence-electron chi connectivity index (χ2n) is 7.48. The molecule has 2 fully saturated rings. The summed E-state index contributed by atoms with van der Waals surface area (Å²) in [6.07, 6.45) is 6.98. The molecule has 0 spiro atoms. The van der Waals surface area contributed by atoms with Crippen LogP contribution in [0.25, 0.3) is 11.4 Å². The zero-order valence-corrected chi connectivity index (χ0v) is 16.3. The van der Waals surface area contributed by atoms with Crippen molar-refractivity contribution in [2.24, 2.45) is 18.9 Å². The Morgan fingerprint density at radius 1 is 1.12 bits per heavy atom. The Bertz CT molecular complexity index is 795. The molecule has 1 aromatic heterocycles. The smallest absolute Gasteiger partial charge is 0.199 e. The first-order valence-corrected chi connectivity index (χ1v) is 10.0. The van der Waals surface area contributed by atoms with Crippen molar-refractivity contribution in [1.82, 2.24) is 19.2 Å². The molecule has 1 saturated carbocycles. The highest BCUT2D eigenvalue weighted by molar-refractivity contribution is 7.71. The van der Waals surface area contributed by atoms with Gasteiger partial charge in [-0.25, -0.2) is 4.68 Å². The van der Waals surface area contributed by atoms with Gasteiger partial charge >= 0.3 is 0 Å². The Morgan fingerprint density at radius 3 is 2.60 bits per heavy atom. The molecule has 4 nitrogen and oxygen atoms in total. The van der Waals surface area contributed by atoms with Crippen molar-refractivity contribution >= 4 is 23.8 Å². The van der Waals surface area contributed by atoms with Crippen LogP contribution in [0.15, 0.2) is 24.3 Å². The summed E-state index contributed by atoms with van der Waals surface area (Å²) in [7, 11) is 1.99. The molecule has 1 aliphatic carbocycles. The molecule has 1 aromatic carbocycles. The molecule has 2 atom stereocenters. The van der Waals surface area contributed by atoms with Gasteiger partial charge in [-0.2, -0.15) is 5.10 Å². The van der Waals surface area contributed by atoms with Crippen LogP contribution in [-0.4, -0.2) is 32.3 Å². The van der Waals surface area contributed by atoms with Crippen LogP contribution in [0.4, 0.5) is 0 Å². The minimum absolute atomic E-state index is 0.736. The molecule has 0 unspecified atom stereocenters. The third-order valence-electron chi connectivity index (χ3n) is 5.85. The fraction of sp³-hybridized carbons (Fsp3) is 0.579. The maximum absolute atomic E-state index is 6.00. The van der Waals surface area contributed by atoms with Crippen molar-refractivity contribution in [2.45, 2.75) is 38.8 Å². The van der Waals surface area contributed by atoms with Crippen LogP contribution in [0.1, 0.15) is 32.1 Å². The zero-order valence-electron chi connectivity index (χ0n) is 14.7. The minimum atomic E-state index is 0.736. The molecule has 2 heterocycles. The quantitative estimate of drug-likeness (QED) is 0.723. The normalized spacial score (nSPS) is 24.2. The number of rotatable bonds is 3. The third kappa shape index (κ3) is 3.55. The summed E-state index contributed by atoms with van der Waals surface area (Å²) in [6.45, 7) is 3.15. The number of hydrogen-bond donors (Lipinski definition) is 0. The average molecular weight is 377 g/mol. The number of hydrogen-bond acceptors (Lipinski definition) is 3. The standard InChI is InChI=1S/C19H25ClN4S/c1-22-18(15-6-8-17(20)9-7-15)21-24(19(22)25)13-23-11-10-14-4-2-3-5-16(14)12-23/h6-9,14,16H,2-5,10-13H2,1H3/t14-,16+/m1/s1. The minimum Gasteiger partial charge on any atom is -0.303 e. The van der Waals surface area contributed by atoms with Crippen LogP contribution in [-0.2, 0) is 13.7 Å². The van der Waals surface area contributed by atoms with E-state index in [4.69, 9.17) is 28.9 Å². The fourth-order valence-corrected chi connectivity index (χ4v) is 4.74. The van der Waals surface area contributed by atoms with Crippen molar-refractivity contribution in [3.05, 3.63) is 34.1 Å². The van der Waals surface area contributed by atoms with E-state index in [1.165, 1.54) is 38.6 Å². The van der Waals surface area contributed by atoms with Gasteiger partial charge in [-0.15, -0.1) is 0 Å². The van der Waals surface area contributed by atoms with E-state index in [9.17, 15) is 0 Å². The van der Waals surface area contributed by atoms with Crippen molar-refractivity contribution in [3.8, 4) is 11.4 Å². The van der Waals surface area contributed by atoms with Crippen LogP contribution < -0.4 is 0 Å². The molecular weight excluding hydrogens is 352 g/mol. The van der Waals surface area contributed by atoms with E-state index in [2.05, 4.69) is 4.90 Å². The molecule has 2 aromatic rings. The molecule has 2 aliphatic rings. The highest BCUT2D eigenvalue weighted by Gasteiger charge is 2.31. The maximum atomic E-state index is 6.00. The Kier molecular flexibility index (Phi) is 4.98. The summed E-state index contributed by atoms with van der Waals surface area (Å²) in [5, 5.41) is 5.53. The molecule has 134 valence electrons. The molecule has 1 saturated heterocycles. The van der Waals surface area contributed by atoms with E-state index in [1.807, 2.05) is 40.6 Å². The van der Waals surface area contributed by atoms with Gasteiger partial charge in [0.2, 0.25) is 0 Å². The van der Waals surface area contributed by atoms with E-state index >= 15 is 0 Å². The SMILES string of the molecule is Cn1c(-c2ccc(Cl)cc2)nn(CN2CC[C@H]3CCCC[C@H]3C2)c1=S. The number of aromatic nitrogens is 3. The Hall–Kier alpha value is -1.17. The molecule has 6 heteroatoms. The highest BCUT2D eigenvalue weighted by atomic mass is 35.5. The second-order valence-corrected chi connectivity index (χ2v) is 8.28. The zero-order chi connectivity index (χ0) is 17.4. The number of fused-ring (bicyclic) bond motifs is 1. The summed E-state index contributed by atoms with van der Waals surface area (Å²) in [6, 6.07) is 7.79. The summed E-state index contributed by atoms with van der Waals surface area (Å²) in [5.41, 5.74) is 1.04. The van der Waals surface area contributed by atoms with Crippen molar-refractivity contribution in [1.29, 1.82) is 0 Å². The summed E-state index contributed by atoms with van der Waals surface area (Å²) < 4.78 is 4.74. The monoisotopic (exact) mass is 376 g/mol. The molecule has 1 aliphatic heterocycles. The largest absolute Gasteiger partial charge is 0.303 e. The molecule has 4 rings (SSSR count). The number of nitrogens with zero attached hydrogens (tertiary/aromatic N) is 4. The predicted molar refractivity (Wildman–Crippen MR) is 104 cm³/mol. The lowest BCUT2D eigenvalue weighted by Gasteiger charge is -2.41. The topological polar surface area (TPSA) is 26.0 Å². The summed E-state index contributed by atoms with van der Waals surface area (Å²) in [5.74, 6) is 2.72. The van der Waals surface area contributed by atoms with Crippen molar-refractivity contribution in [3.63, 3.8) is 0 Å². The lowest BCUT2D eigenvalue weighted by Crippen LogP contribution is -2.42. The lowest BCUT2D eigenvalue weighted by molar-refractivity contribution is 0.0625. The summed E-state index contributed by atoms with van der Waals surface area (Å²) >= 11 is 11.6. The molecule has 0 radical (unpaired) electrons. The Balaban J connectivity index is 1.52. The average Bonchev–Trinajstić information content (AvgIpc) is 2.91. The van der Waals surface area contributed by atoms with E-state index < -0.39 is 0 Å². The third-order valence-corrected chi connectivity index (χ3v) is 6.59. The number of benzene rings is 1. The van der Waals surface area contributed by atoms with Gasteiger partial charge in [-0.3, -0.25) is 4.90 Å². The van der Waals surface area contributed by atoms with Gasteiger partial charge in [0.15, 0.2) is 10.6 Å². The fourth-order valence-electron chi connectivity index (χ4n) is 4.42. The van der Waals surface area contributed by atoms with E-state index in [1.54, 1.807) is 0 Å². The van der Waals surface area contributed by atoms with Gasteiger partial charge in [0, 0.05) is 30.7 Å². The molecule has 25 heavy (non-hydrogen) atoms. The first kappa shape index (κ1) is 17.3. The van der Waals surface area contributed by atoms with E-state index in [-0.39, 0.29) is 0 Å². The van der Waals surface area contributed by atoms with Gasteiger partial charge in [0.1, 0.15) is 0 Å². The number of piperidine rings is 1. The van der Waals surface area contributed by atoms with Gasteiger partial charge in [-0.05, 0) is 61.2 Å². The Morgan fingerprint density at radius 2 is 1.84 bits per heavy atom. The predicted octanol–water partition coefficient (Wildman–Crippen LogP) is 4.74. The molecular formula is C19H25ClN4S. The van der Waals surface area contributed by atoms with Crippen LogP contribution in [0.5, 0.6) is 0 Å². The van der Waals surface area contributed by atoms with E-state index in [0.717, 1.165) is 46.2 Å². The van der Waals surface area contributed by atoms with Crippen molar-refractivity contribution in [2.75, 3.05) is 13.1 Å². The van der Waals surface area contributed by atoms with Gasteiger partial charge in [-0.1, -0.05) is 30.9 Å². The first-order valence-electron chi connectivity index (χ1n) is 9.24. The number of likely N-dealkylation sites (tertiary alicyclic amines) is 1. The number of halogens is 1. The molecule has 0 bridgehead atoms. The lowest BCUT2D eigenvalue weighted by atomic mass is 9.75. The van der Waals surface area contributed by atoms with Gasteiger partial charge in [0.25, 0.3) is 0 Å². The Labute approximate surface area is 159 Å². The van der Waals surface area contributed by atoms with Gasteiger partial charge < -0.3 is 4.57 Å². The summed E-state index contributed by atoms with van der Waals surface area (Å²) in [4.78, 5) is 2.53. The van der Waals surface area contributed by atoms with Crippen LogP contribution in [0.2, 0.25) is 5.02 Å². The van der Waals surface area contributed by atoms with Crippen LogP contribution in [0, 0.1) is 16.6 Å². The van der Waals surface area contributed by atoms with Gasteiger partial charge in [0.05, 0.1) is 6.67 Å².